The Kier molecular flexibility index (Phi) is 14.8. The summed E-state index contributed by atoms with van der Waals surface area (Å²) in [6.07, 6.45) is 8.76. The molecule has 1 radical (unpaired) electrons. The number of carbonyl (C=O) groups excluding carboxylic acids is 1. The quantitative estimate of drug-likeness (QED) is 0.0668. The molecule has 4 rings (SSSR count). The van der Waals surface area contributed by atoms with Crippen LogP contribution in [0.3, 0.4) is 0 Å². The Morgan fingerprint density at radius 3 is 2.06 bits per heavy atom. The number of nitrogens with zero attached hydrogens (tertiary/aromatic N) is 2. The first-order chi connectivity index (χ1) is 21.6. The summed E-state index contributed by atoms with van der Waals surface area (Å²) < 4.78 is 2.74. The number of aliphatic hydroxyl groups is 1. The number of hydrogen-bond donors (Lipinski definition) is 1. The first-order valence-electron chi connectivity index (χ1n) is 17.3. The smallest absolute Gasteiger partial charge is 0.164 e. The number of ketones is 1. The Bertz CT molecular complexity index is 1680. The van der Waals surface area contributed by atoms with Gasteiger partial charge in [0.25, 0.3) is 0 Å². The fraction of sp³-hybridized carbons (Fsp3) is 0.525. The van der Waals surface area contributed by atoms with Gasteiger partial charge in [-0.05, 0) is 48.6 Å². The molecule has 4 nitrogen and oxygen atoms in total. The molecule has 7 heteroatoms. The van der Waals surface area contributed by atoms with Crippen LogP contribution in [-0.4, -0.2) is 28.9 Å². The fourth-order valence-corrected chi connectivity index (χ4v) is 9.86. The zero-order valence-corrected chi connectivity index (χ0v) is 35.1. The third-order valence-corrected chi connectivity index (χ3v) is 15.5. The van der Waals surface area contributed by atoms with E-state index >= 15 is 0 Å². The van der Waals surface area contributed by atoms with E-state index in [0.717, 1.165) is 55.3 Å². The minimum absolute atomic E-state index is 0. The molecule has 0 amide bonds. The van der Waals surface area contributed by atoms with Gasteiger partial charge in [0.05, 0.1) is 13.6 Å². The molecular formula is C40H57IrN2O2SSi-. The maximum atomic E-state index is 12.2. The second-order valence-corrected chi connectivity index (χ2v) is 20.7. The second-order valence-electron chi connectivity index (χ2n) is 14.3. The van der Waals surface area contributed by atoms with E-state index in [1.165, 1.54) is 37.2 Å². The molecule has 0 aliphatic rings. The van der Waals surface area contributed by atoms with Gasteiger partial charge in [0, 0.05) is 47.4 Å². The van der Waals surface area contributed by atoms with Gasteiger partial charge in [-0.15, -0.1) is 40.5 Å². The zero-order valence-electron chi connectivity index (χ0n) is 30.9. The predicted octanol–water partition coefficient (Wildman–Crippen LogP) is 11.7. The third kappa shape index (κ3) is 8.89. The van der Waals surface area contributed by atoms with E-state index in [4.69, 9.17) is 4.98 Å². The molecule has 2 aromatic carbocycles. The van der Waals surface area contributed by atoms with E-state index in [2.05, 4.69) is 81.8 Å². The summed E-state index contributed by atoms with van der Waals surface area (Å²) in [7, 11) is -1.43. The van der Waals surface area contributed by atoms with Crippen LogP contribution in [0.1, 0.15) is 111 Å². The standard InChI is InChI=1S/C25H29N2SSi.C15H28O2.Ir/c1-7-17(8-2)21-14-19(13-18-11-9-10-12-20(18)21)23-24-22(26-15-27-23)16(3)25(28-24)29(4,5)6;1-7-14(5,8-2)12(16)11-13(17)15(6,9-3)10-4;/h9-12,14-15,17H,7-8H2,1-6H3;11,16H,7-10H2,1-6H3;/q-1;;/b;12-11-;. The Labute approximate surface area is 303 Å². The van der Waals surface area contributed by atoms with Gasteiger partial charge < -0.3 is 5.11 Å². The van der Waals surface area contributed by atoms with Gasteiger partial charge in [-0.3, -0.25) is 9.78 Å². The monoisotopic (exact) mass is 850 g/mol. The predicted molar refractivity (Wildman–Crippen MR) is 203 cm³/mol. The molecule has 0 unspecified atom stereocenters. The normalized spacial score (nSPS) is 12.7. The molecule has 4 aromatic rings. The number of thiophene rings is 1. The minimum Gasteiger partial charge on any atom is -0.512 e. The van der Waals surface area contributed by atoms with Crippen molar-refractivity contribution < 1.29 is 30.0 Å². The Morgan fingerprint density at radius 1 is 0.957 bits per heavy atom. The number of aromatic nitrogens is 2. The van der Waals surface area contributed by atoms with Crippen LogP contribution in [-0.2, 0) is 24.9 Å². The maximum Gasteiger partial charge on any atom is 0.164 e. The van der Waals surface area contributed by atoms with Crippen molar-refractivity contribution in [2.75, 3.05) is 0 Å². The molecular weight excluding hydrogens is 793 g/mol. The fourth-order valence-electron chi connectivity index (χ4n) is 6.07. The van der Waals surface area contributed by atoms with E-state index in [0.29, 0.717) is 5.92 Å². The zero-order chi connectivity index (χ0) is 34.4. The summed E-state index contributed by atoms with van der Waals surface area (Å²) in [5.74, 6) is 0.835. The number of carbonyl (C=O) groups is 1. The van der Waals surface area contributed by atoms with Crippen molar-refractivity contribution in [3.8, 4) is 11.3 Å². The molecule has 0 atom stereocenters. The van der Waals surface area contributed by atoms with Gasteiger partial charge in [-0.2, -0.15) is 0 Å². The molecule has 0 aliphatic carbocycles. The average molecular weight is 850 g/mol. The number of aliphatic hydroxyl groups excluding tert-OH is 1. The summed E-state index contributed by atoms with van der Waals surface area (Å²) in [6, 6.07) is 14.7. The van der Waals surface area contributed by atoms with Crippen LogP contribution in [0.4, 0.5) is 0 Å². The van der Waals surface area contributed by atoms with Crippen LogP contribution < -0.4 is 4.50 Å². The molecule has 47 heavy (non-hydrogen) atoms. The maximum absolute atomic E-state index is 12.2. The van der Waals surface area contributed by atoms with Crippen molar-refractivity contribution in [3.05, 3.63) is 65.7 Å². The van der Waals surface area contributed by atoms with Crippen molar-refractivity contribution in [1.29, 1.82) is 0 Å². The largest absolute Gasteiger partial charge is 0.512 e. The Balaban J connectivity index is 0.000000370. The van der Waals surface area contributed by atoms with Crippen LogP contribution in [0.2, 0.25) is 19.6 Å². The van der Waals surface area contributed by atoms with E-state index in [-0.39, 0.29) is 42.5 Å². The Morgan fingerprint density at radius 2 is 1.53 bits per heavy atom. The molecule has 0 saturated carbocycles. The summed E-state index contributed by atoms with van der Waals surface area (Å²) in [4.78, 5) is 21.6. The van der Waals surface area contributed by atoms with Crippen LogP contribution in [0.5, 0.6) is 0 Å². The van der Waals surface area contributed by atoms with Gasteiger partial charge in [-0.1, -0.05) is 117 Å². The number of hydrogen-bond acceptors (Lipinski definition) is 5. The average Bonchev–Trinajstić information content (AvgIpc) is 3.41. The number of aryl methyl sites for hydroxylation is 1. The van der Waals surface area contributed by atoms with Crippen molar-refractivity contribution in [3.63, 3.8) is 0 Å². The first kappa shape index (κ1) is 41.0. The summed E-state index contributed by atoms with van der Waals surface area (Å²) in [6.45, 7) is 26.1. The molecule has 0 aliphatic heterocycles. The first-order valence-corrected chi connectivity index (χ1v) is 21.6. The van der Waals surface area contributed by atoms with E-state index in [1.807, 2.05) is 52.9 Å². The van der Waals surface area contributed by atoms with Gasteiger partial charge in [0.2, 0.25) is 0 Å². The molecule has 0 fully saturated rings. The molecule has 0 spiro atoms. The molecule has 2 heterocycles. The minimum atomic E-state index is -1.43. The molecule has 259 valence electrons. The van der Waals surface area contributed by atoms with Gasteiger partial charge in [0.1, 0.15) is 12.1 Å². The summed E-state index contributed by atoms with van der Waals surface area (Å²) >= 11 is 1.90. The number of fused-ring (bicyclic) bond motifs is 2. The van der Waals surface area contributed by atoms with Crippen molar-refractivity contribution >= 4 is 50.7 Å². The second kappa shape index (κ2) is 17.0. The van der Waals surface area contributed by atoms with Crippen molar-refractivity contribution in [2.45, 2.75) is 126 Å². The third-order valence-electron chi connectivity index (χ3n) is 10.5. The number of rotatable bonds is 12. The molecule has 2 aromatic heterocycles. The van der Waals surface area contributed by atoms with E-state index in [1.54, 1.807) is 6.33 Å². The van der Waals surface area contributed by atoms with Crippen molar-refractivity contribution in [2.24, 2.45) is 10.8 Å². The number of allylic oxidation sites excluding steroid dienone is 2. The van der Waals surface area contributed by atoms with Gasteiger partial charge in [0.15, 0.2) is 5.78 Å². The van der Waals surface area contributed by atoms with Gasteiger partial charge >= 0.3 is 0 Å². The summed E-state index contributed by atoms with van der Waals surface area (Å²) in [5, 5.41) is 12.6. The molecule has 0 saturated heterocycles. The molecule has 1 N–H and O–H groups in total. The van der Waals surface area contributed by atoms with Crippen LogP contribution in [0, 0.1) is 23.8 Å². The van der Waals surface area contributed by atoms with Gasteiger partial charge in [-0.25, -0.2) is 4.98 Å². The van der Waals surface area contributed by atoms with E-state index in [9.17, 15) is 9.90 Å². The summed E-state index contributed by atoms with van der Waals surface area (Å²) in [5.41, 5.74) is 5.41. The number of benzene rings is 2. The Hall–Kier alpha value is -2.18. The van der Waals surface area contributed by atoms with E-state index < -0.39 is 8.07 Å². The SMILES string of the molecule is CCC(C)(CC)C(=O)/C=C(\O)C(C)(CC)CC.CCC(CC)c1cc(-c2ncnc3c(C)c([Si](C)(C)C)sc23)[c-]c2ccccc12.[Ir]. The topological polar surface area (TPSA) is 63.1 Å². The molecule has 0 bridgehead atoms. The van der Waals surface area contributed by atoms with Crippen molar-refractivity contribution in [1.82, 2.24) is 9.97 Å². The van der Waals surface area contributed by atoms with Crippen LogP contribution in [0.25, 0.3) is 32.2 Å². The van der Waals surface area contributed by atoms with Crippen LogP contribution >= 0.6 is 11.3 Å². The van der Waals surface area contributed by atoms with Crippen LogP contribution in [0.15, 0.2) is 48.5 Å².